The fourth-order valence-electron chi connectivity index (χ4n) is 0.687. The molecule has 8 heteroatoms. The summed E-state index contributed by atoms with van der Waals surface area (Å²) >= 11 is 0. The number of carbonyl (C=O) groups is 1. The van der Waals surface area contributed by atoms with Crippen LogP contribution in [0.1, 0.15) is 0 Å². The smallest absolute Gasteiger partial charge is 0.327 e. The van der Waals surface area contributed by atoms with Crippen molar-refractivity contribution in [3.63, 3.8) is 0 Å². The molecule has 0 radical (unpaired) electrons. The Bertz CT molecular complexity index is 227. The maximum atomic E-state index is 9.38. The zero-order chi connectivity index (χ0) is 15.1. The molecule has 0 aromatic carbocycles. The second-order valence-electron chi connectivity index (χ2n) is 3.05. The first kappa shape index (κ1) is 20.3. The van der Waals surface area contributed by atoms with E-state index in [2.05, 4.69) is 16.1 Å². The van der Waals surface area contributed by atoms with Gasteiger partial charge in [0.05, 0.1) is 26.4 Å². The van der Waals surface area contributed by atoms with Crippen molar-refractivity contribution in [2.45, 2.75) is 5.97 Å². The van der Waals surface area contributed by atoms with Crippen LogP contribution in [0.25, 0.3) is 0 Å². The van der Waals surface area contributed by atoms with E-state index in [1.807, 2.05) is 0 Å². The van der Waals surface area contributed by atoms with Crippen LogP contribution >= 0.6 is 0 Å². The third-order valence-corrected chi connectivity index (χ3v) is 1.70. The van der Waals surface area contributed by atoms with Crippen LogP contribution in [0.4, 0.5) is 0 Å². The lowest BCUT2D eigenvalue weighted by atomic mass is 10.6. The van der Waals surface area contributed by atoms with E-state index < -0.39 is 11.9 Å². The number of methoxy groups -OCH3 is 2. The van der Waals surface area contributed by atoms with E-state index in [-0.39, 0.29) is 19.8 Å². The van der Waals surface area contributed by atoms with Gasteiger partial charge in [0.2, 0.25) is 0 Å². The maximum Gasteiger partial charge on any atom is 0.327 e. The molecule has 0 aliphatic carbocycles. The summed E-state index contributed by atoms with van der Waals surface area (Å²) < 4.78 is 19.2. The predicted molar refractivity (Wildman–Crippen MR) is 65.5 cm³/mol. The molecule has 0 rings (SSSR count). The van der Waals surface area contributed by atoms with E-state index in [1.165, 1.54) is 14.2 Å². The summed E-state index contributed by atoms with van der Waals surface area (Å²) in [6.45, 7) is 3.78. The van der Waals surface area contributed by atoms with Crippen molar-refractivity contribution >= 4 is 5.97 Å². The summed E-state index contributed by atoms with van der Waals surface area (Å²) in [6.07, 6.45) is 0.833. The lowest BCUT2D eigenvalue weighted by Gasteiger charge is -2.23. The summed E-state index contributed by atoms with van der Waals surface area (Å²) in [5, 5.41) is 25.4. The third kappa shape index (κ3) is 14.9. The van der Waals surface area contributed by atoms with Gasteiger partial charge < -0.3 is 34.3 Å². The molecule has 0 heterocycles. The standard InChI is InChI=1S/C8H18O6.C3H4O2/c1-11-8(10,12-2)7-14-6-5-13-4-3-9;1-2-3(4)5/h9-10H,3-7H2,1-2H3;2H,1H2,(H,4,5). The van der Waals surface area contributed by atoms with E-state index in [0.29, 0.717) is 13.2 Å². The number of aliphatic hydroxyl groups excluding tert-OH is 1. The van der Waals surface area contributed by atoms with Crippen molar-refractivity contribution in [1.82, 2.24) is 0 Å². The highest BCUT2D eigenvalue weighted by Crippen LogP contribution is 2.05. The summed E-state index contributed by atoms with van der Waals surface area (Å²) in [5.41, 5.74) is 0. The zero-order valence-electron chi connectivity index (χ0n) is 11.2. The molecule has 0 saturated carbocycles. The Morgan fingerprint density at radius 3 is 2.05 bits per heavy atom. The number of hydrogen-bond acceptors (Lipinski definition) is 7. The fraction of sp³-hybridized carbons (Fsp3) is 0.727. The topological polar surface area (TPSA) is 115 Å². The van der Waals surface area contributed by atoms with Gasteiger partial charge in [-0.15, -0.1) is 0 Å². The van der Waals surface area contributed by atoms with Gasteiger partial charge in [-0.3, -0.25) is 0 Å². The quantitative estimate of drug-likeness (QED) is 0.271. The molecule has 114 valence electrons. The first-order valence-corrected chi connectivity index (χ1v) is 5.40. The van der Waals surface area contributed by atoms with Crippen molar-refractivity contribution in [1.29, 1.82) is 0 Å². The van der Waals surface area contributed by atoms with Crippen LogP contribution in [0, 0.1) is 0 Å². The van der Waals surface area contributed by atoms with Crippen molar-refractivity contribution < 1.29 is 39.1 Å². The first-order valence-electron chi connectivity index (χ1n) is 5.40. The molecule has 0 amide bonds. The highest BCUT2D eigenvalue weighted by molar-refractivity contribution is 5.78. The molecule has 0 aromatic heterocycles. The van der Waals surface area contributed by atoms with Gasteiger partial charge in [0.25, 0.3) is 0 Å². The van der Waals surface area contributed by atoms with E-state index in [1.54, 1.807) is 0 Å². The fourth-order valence-corrected chi connectivity index (χ4v) is 0.687. The molecular formula is C11H22O8. The lowest BCUT2D eigenvalue weighted by Crippen LogP contribution is -2.39. The van der Waals surface area contributed by atoms with Crippen LogP contribution in [0.15, 0.2) is 12.7 Å². The molecule has 0 spiro atoms. The number of carboxylic acids is 1. The summed E-state index contributed by atoms with van der Waals surface area (Å²) in [6, 6.07) is 0. The highest BCUT2D eigenvalue weighted by Gasteiger charge is 2.25. The minimum atomic E-state index is -1.70. The molecule has 3 N–H and O–H groups in total. The Balaban J connectivity index is 0. The van der Waals surface area contributed by atoms with E-state index >= 15 is 0 Å². The molecule has 0 fully saturated rings. The minimum Gasteiger partial charge on any atom is -0.478 e. The largest absolute Gasteiger partial charge is 0.478 e. The molecule has 0 saturated heterocycles. The highest BCUT2D eigenvalue weighted by atomic mass is 16.8. The average Bonchev–Trinajstić information content (AvgIpc) is 2.43. The van der Waals surface area contributed by atoms with Gasteiger partial charge >= 0.3 is 11.9 Å². The average molecular weight is 282 g/mol. The molecule has 0 atom stereocenters. The molecule has 19 heavy (non-hydrogen) atoms. The van der Waals surface area contributed by atoms with Gasteiger partial charge in [-0.1, -0.05) is 6.58 Å². The molecule has 0 unspecified atom stereocenters. The van der Waals surface area contributed by atoms with Crippen LogP contribution in [0.5, 0.6) is 0 Å². The van der Waals surface area contributed by atoms with Crippen LogP contribution in [0.3, 0.4) is 0 Å². The Hall–Kier alpha value is -1.03. The van der Waals surface area contributed by atoms with Crippen LogP contribution in [-0.4, -0.2) is 74.5 Å². The maximum absolute atomic E-state index is 9.38. The normalized spacial score (nSPS) is 10.5. The van der Waals surface area contributed by atoms with Crippen LogP contribution < -0.4 is 0 Å². The summed E-state index contributed by atoms with van der Waals surface area (Å²) in [7, 11) is 2.63. The van der Waals surface area contributed by atoms with Gasteiger partial charge in [0.15, 0.2) is 0 Å². The zero-order valence-corrected chi connectivity index (χ0v) is 11.2. The van der Waals surface area contributed by atoms with E-state index in [0.717, 1.165) is 6.08 Å². The second kappa shape index (κ2) is 13.4. The number of rotatable bonds is 10. The molecule has 0 bridgehead atoms. The van der Waals surface area contributed by atoms with Crippen molar-refractivity contribution in [3.05, 3.63) is 12.7 Å². The number of ether oxygens (including phenoxy) is 4. The molecule has 8 nitrogen and oxygen atoms in total. The van der Waals surface area contributed by atoms with Crippen LogP contribution in [-0.2, 0) is 23.7 Å². The number of aliphatic carboxylic acids is 1. The first-order chi connectivity index (χ1) is 8.95. The number of hydrogen-bond donors (Lipinski definition) is 3. The molecule has 0 aliphatic heterocycles. The van der Waals surface area contributed by atoms with Gasteiger partial charge in [0.1, 0.15) is 6.61 Å². The SMILES string of the molecule is C=CC(=O)O.COC(O)(COCCOCCO)OC. The Morgan fingerprint density at radius 2 is 1.68 bits per heavy atom. The van der Waals surface area contributed by atoms with Crippen molar-refractivity contribution in [2.75, 3.05) is 47.3 Å². The van der Waals surface area contributed by atoms with Crippen molar-refractivity contribution in [3.8, 4) is 0 Å². The minimum absolute atomic E-state index is 0.0138. The van der Waals surface area contributed by atoms with Gasteiger partial charge in [-0.05, 0) is 0 Å². The Labute approximate surface area is 112 Å². The van der Waals surface area contributed by atoms with Gasteiger partial charge in [-0.2, -0.15) is 0 Å². The summed E-state index contributed by atoms with van der Waals surface area (Å²) in [4.78, 5) is 9.25. The number of carboxylic acid groups (broad SMARTS) is 1. The molecular weight excluding hydrogens is 260 g/mol. The molecule has 0 aliphatic rings. The molecule has 0 aromatic rings. The van der Waals surface area contributed by atoms with E-state index in [9.17, 15) is 9.90 Å². The van der Waals surface area contributed by atoms with Crippen molar-refractivity contribution in [2.24, 2.45) is 0 Å². The predicted octanol–water partition coefficient (Wildman–Crippen LogP) is -0.792. The summed E-state index contributed by atoms with van der Waals surface area (Å²) in [5.74, 6) is -2.68. The monoisotopic (exact) mass is 282 g/mol. The second-order valence-corrected chi connectivity index (χ2v) is 3.05. The lowest BCUT2D eigenvalue weighted by molar-refractivity contribution is -0.357. The Kier molecular flexibility index (Phi) is 14.3. The van der Waals surface area contributed by atoms with Gasteiger partial charge in [0, 0.05) is 20.3 Å². The van der Waals surface area contributed by atoms with Gasteiger partial charge in [-0.25, -0.2) is 4.79 Å². The Morgan fingerprint density at radius 1 is 1.21 bits per heavy atom. The third-order valence-electron chi connectivity index (χ3n) is 1.70. The number of aliphatic hydroxyl groups is 2. The van der Waals surface area contributed by atoms with E-state index in [4.69, 9.17) is 19.7 Å². The van der Waals surface area contributed by atoms with Crippen LogP contribution in [0.2, 0.25) is 0 Å².